The average Bonchev–Trinajstić information content (AvgIpc) is 2.43. The highest BCUT2D eigenvalue weighted by Gasteiger charge is 2.32. The van der Waals surface area contributed by atoms with Gasteiger partial charge in [-0.15, -0.1) is 0 Å². The first-order valence-electron chi connectivity index (χ1n) is 5.79. The van der Waals surface area contributed by atoms with E-state index >= 15 is 0 Å². The minimum absolute atomic E-state index is 0.158. The minimum Gasteiger partial charge on any atom is -0.478 e. The second-order valence-corrected chi connectivity index (χ2v) is 4.27. The van der Waals surface area contributed by atoms with E-state index in [0.29, 0.717) is 0 Å². The molecule has 0 radical (unpaired) electrons. The highest BCUT2D eigenvalue weighted by Crippen LogP contribution is 2.31. The van der Waals surface area contributed by atoms with E-state index in [-0.39, 0.29) is 10.8 Å². The maximum atomic E-state index is 11.4. The second kappa shape index (κ2) is 5.17. The van der Waals surface area contributed by atoms with Crippen LogP contribution in [0.25, 0.3) is 10.8 Å². The maximum Gasteiger partial charge on any atom is 0.337 e. The van der Waals surface area contributed by atoms with E-state index in [0.717, 1.165) is 0 Å². The largest absolute Gasteiger partial charge is 0.478 e. The lowest BCUT2D eigenvalue weighted by Gasteiger charge is -2.14. The van der Waals surface area contributed by atoms with Crippen LogP contribution in [0.1, 0.15) is 41.4 Å². The second-order valence-electron chi connectivity index (χ2n) is 4.27. The zero-order valence-electron chi connectivity index (χ0n) is 10.7. The van der Waals surface area contributed by atoms with Gasteiger partial charge in [0.2, 0.25) is 0 Å². The Balaban J connectivity index is 3.25. The topological polar surface area (TPSA) is 149 Å². The maximum absolute atomic E-state index is 11.4. The Morgan fingerprint density at radius 2 is 0.818 bits per heavy atom. The Labute approximate surface area is 121 Å². The van der Waals surface area contributed by atoms with Crippen LogP contribution in [-0.2, 0) is 0 Å². The molecule has 2 aromatic carbocycles. The van der Waals surface area contributed by atoms with E-state index in [1.54, 1.807) is 0 Å². The van der Waals surface area contributed by atoms with Crippen molar-refractivity contribution in [3.05, 3.63) is 46.5 Å². The van der Waals surface area contributed by atoms with Gasteiger partial charge in [-0.3, -0.25) is 0 Å². The standard InChI is InChI=1S/C14H8O8/c15-11(16)7-5-3-1-2-4-6(5)8(12(17)18)10(14(21)22)9(7)13(19)20/h1-4H,(H,15,16)(H,17,18)(H,19,20)(H,21,22). The fourth-order valence-corrected chi connectivity index (χ4v) is 2.31. The van der Waals surface area contributed by atoms with E-state index in [4.69, 9.17) is 0 Å². The number of carboxylic acid groups (broad SMARTS) is 4. The third kappa shape index (κ3) is 2.12. The minimum atomic E-state index is -1.83. The summed E-state index contributed by atoms with van der Waals surface area (Å²) in [6, 6.07) is 5.24. The van der Waals surface area contributed by atoms with Gasteiger partial charge in [-0.2, -0.15) is 0 Å². The first-order valence-corrected chi connectivity index (χ1v) is 5.79. The lowest BCUT2D eigenvalue weighted by atomic mass is 9.88. The van der Waals surface area contributed by atoms with Crippen molar-refractivity contribution < 1.29 is 39.6 Å². The van der Waals surface area contributed by atoms with Crippen LogP contribution in [0.3, 0.4) is 0 Å². The molecule has 0 aromatic heterocycles. The summed E-state index contributed by atoms with van der Waals surface area (Å²) in [5, 5.41) is 36.6. The summed E-state index contributed by atoms with van der Waals surface area (Å²) in [6.45, 7) is 0. The molecule has 8 heteroatoms. The van der Waals surface area contributed by atoms with Crippen LogP contribution < -0.4 is 0 Å². The van der Waals surface area contributed by atoms with E-state index in [1.807, 2.05) is 0 Å². The number of hydrogen-bond acceptors (Lipinski definition) is 4. The fourth-order valence-electron chi connectivity index (χ4n) is 2.31. The average molecular weight is 304 g/mol. The molecule has 2 rings (SSSR count). The third-order valence-electron chi connectivity index (χ3n) is 3.07. The summed E-state index contributed by atoms with van der Waals surface area (Å²) in [5.41, 5.74) is -3.64. The van der Waals surface area contributed by atoms with Gasteiger partial charge in [0.05, 0.1) is 22.3 Å². The molecule has 0 aliphatic heterocycles. The summed E-state index contributed by atoms with van der Waals surface area (Å²) < 4.78 is 0. The first kappa shape index (κ1) is 15.0. The highest BCUT2D eigenvalue weighted by molar-refractivity contribution is 6.23. The molecule has 0 atom stereocenters. The molecule has 0 aliphatic carbocycles. The molecule has 0 fully saturated rings. The van der Waals surface area contributed by atoms with Gasteiger partial charge in [0.1, 0.15) is 0 Å². The molecule has 0 bridgehead atoms. The molecule has 0 spiro atoms. The number of hydrogen-bond donors (Lipinski definition) is 4. The molecule has 2 aromatic rings. The molecule has 0 unspecified atom stereocenters. The summed E-state index contributed by atoms with van der Waals surface area (Å²) in [6.07, 6.45) is 0. The van der Waals surface area contributed by atoms with Crippen LogP contribution in [0.4, 0.5) is 0 Å². The van der Waals surface area contributed by atoms with Crippen LogP contribution in [0.2, 0.25) is 0 Å². The molecule has 22 heavy (non-hydrogen) atoms. The van der Waals surface area contributed by atoms with Gasteiger partial charge in [-0.25, -0.2) is 19.2 Å². The third-order valence-corrected chi connectivity index (χ3v) is 3.07. The molecular weight excluding hydrogens is 296 g/mol. The fraction of sp³-hybridized carbons (Fsp3) is 0. The van der Waals surface area contributed by atoms with Gasteiger partial charge < -0.3 is 20.4 Å². The number of aromatic carboxylic acids is 4. The van der Waals surface area contributed by atoms with Crippen molar-refractivity contribution in [2.45, 2.75) is 0 Å². The van der Waals surface area contributed by atoms with E-state index in [1.165, 1.54) is 24.3 Å². The highest BCUT2D eigenvalue weighted by atomic mass is 16.4. The molecular formula is C14H8O8. The summed E-state index contributed by atoms with van der Waals surface area (Å²) >= 11 is 0. The predicted molar refractivity (Wildman–Crippen MR) is 71.8 cm³/mol. The Morgan fingerprint density at radius 3 is 1.05 bits per heavy atom. The summed E-state index contributed by atoms with van der Waals surface area (Å²) in [7, 11) is 0. The normalized spacial score (nSPS) is 10.4. The molecule has 0 saturated heterocycles. The van der Waals surface area contributed by atoms with E-state index in [2.05, 4.69) is 0 Å². The molecule has 112 valence electrons. The summed E-state index contributed by atoms with van der Waals surface area (Å²) in [4.78, 5) is 45.5. The van der Waals surface area contributed by atoms with Crippen molar-refractivity contribution in [1.29, 1.82) is 0 Å². The Morgan fingerprint density at radius 1 is 0.545 bits per heavy atom. The van der Waals surface area contributed by atoms with Gasteiger partial charge in [0.25, 0.3) is 0 Å². The van der Waals surface area contributed by atoms with Gasteiger partial charge in [-0.1, -0.05) is 24.3 Å². The Bertz CT molecular complexity index is 779. The van der Waals surface area contributed by atoms with Gasteiger partial charge in [-0.05, 0) is 10.8 Å². The van der Waals surface area contributed by atoms with Crippen LogP contribution in [0, 0.1) is 0 Å². The van der Waals surface area contributed by atoms with Gasteiger partial charge >= 0.3 is 23.9 Å². The van der Waals surface area contributed by atoms with Crippen molar-refractivity contribution in [1.82, 2.24) is 0 Å². The number of rotatable bonds is 4. The molecule has 0 saturated carbocycles. The van der Waals surface area contributed by atoms with E-state index in [9.17, 15) is 39.6 Å². The molecule has 0 aliphatic rings. The molecule has 4 N–H and O–H groups in total. The zero-order chi connectivity index (χ0) is 16.6. The van der Waals surface area contributed by atoms with Crippen molar-refractivity contribution in [3.63, 3.8) is 0 Å². The van der Waals surface area contributed by atoms with Gasteiger partial charge in [0, 0.05) is 0 Å². The smallest absolute Gasteiger partial charge is 0.337 e. The van der Waals surface area contributed by atoms with Crippen molar-refractivity contribution in [2.75, 3.05) is 0 Å². The quantitative estimate of drug-likeness (QED) is 0.665. The Hall–Kier alpha value is -3.42. The lowest BCUT2D eigenvalue weighted by molar-refractivity contribution is 0.0621. The lowest BCUT2D eigenvalue weighted by Crippen LogP contribution is -2.20. The summed E-state index contributed by atoms with van der Waals surface area (Å²) in [5.74, 6) is -6.98. The Kier molecular flexibility index (Phi) is 3.52. The number of carboxylic acids is 4. The number of benzene rings is 2. The predicted octanol–water partition coefficient (Wildman–Crippen LogP) is 1.63. The SMILES string of the molecule is O=C(O)c1c(C(=O)O)c(C(=O)O)c2ccccc2c1C(=O)O. The number of carbonyl (C=O) groups is 4. The monoisotopic (exact) mass is 304 g/mol. The molecule has 0 heterocycles. The molecule has 0 amide bonds. The van der Waals surface area contributed by atoms with Crippen LogP contribution in [0.15, 0.2) is 24.3 Å². The van der Waals surface area contributed by atoms with Crippen LogP contribution in [0.5, 0.6) is 0 Å². The molecule has 8 nitrogen and oxygen atoms in total. The van der Waals surface area contributed by atoms with Crippen LogP contribution >= 0.6 is 0 Å². The van der Waals surface area contributed by atoms with E-state index < -0.39 is 46.1 Å². The zero-order valence-corrected chi connectivity index (χ0v) is 10.7. The van der Waals surface area contributed by atoms with Gasteiger partial charge in [0.15, 0.2) is 0 Å². The van der Waals surface area contributed by atoms with Crippen molar-refractivity contribution in [2.24, 2.45) is 0 Å². The van der Waals surface area contributed by atoms with Crippen molar-refractivity contribution in [3.8, 4) is 0 Å². The van der Waals surface area contributed by atoms with Crippen LogP contribution in [-0.4, -0.2) is 44.3 Å². The number of fused-ring (bicyclic) bond motifs is 1. The van der Waals surface area contributed by atoms with Crippen molar-refractivity contribution >= 4 is 34.6 Å². The first-order chi connectivity index (χ1) is 10.3.